The second-order valence-corrected chi connectivity index (χ2v) is 3.82. The standard InChI is InChI=1S/C9H16N2O2/c1-7-6-11(4-3-10-7)8-2-5-13-9(8)12/h7-8,10H,2-6H2,1H3/t7-,8?/m0/s1. The lowest BCUT2D eigenvalue weighted by Gasteiger charge is -2.34. The molecule has 0 radical (unpaired) electrons. The summed E-state index contributed by atoms with van der Waals surface area (Å²) in [5.41, 5.74) is 0. The lowest BCUT2D eigenvalue weighted by Crippen LogP contribution is -2.53. The summed E-state index contributed by atoms with van der Waals surface area (Å²) in [6, 6.07) is 0.520. The molecule has 13 heavy (non-hydrogen) atoms. The van der Waals surface area contributed by atoms with Crippen molar-refractivity contribution < 1.29 is 9.53 Å². The van der Waals surface area contributed by atoms with Crippen LogP contribution in [0.3, 0.4) is 0 Å². The first-order valence-electron chi connectivity index (χ1n) is 4.91. The molecular formula is C9H16N2O2. The average molecular weight is 184 g/mol. The van der Waals surface area contributed by atoms with Crippen molar-refractivity contribution in [3.8, 4) is 0 Å². The first kappa shape index (κ1) is 8.97. The van der Waals surface area contributed by atoms with Crippen LogP contribution < -0.4 is 5.32 Å². The number of nitrogens with zero attached hydrogens (tertiary/aromatic N) is 1. The molecule has 2 aliphatic rings. The molecule has 0 amide bonds. The number of hydrogen-bond acceptors (Lipinski definition) is 4. The SMILES string of the molecule is C[C@H]1CN(C2CCOC2=O)CCN1. The molecule has 74 valence electrons. The van der Waals surface area contributed by atoms with E-state index < -0.39 is 0 Å². The molecule has 0 aromatic rings. The Morgan fingerprint density at radius 1 is 1.62 bits per heavy atom. The van der Waals surface area contributed by atoms with Gasteiger partial charge in [-0.25, -0.2) is 0 Å². The molecule has 2 saturated heterocycles. The van der Waals surface area contributed by atoms with E-state index in [1.807, 2.05) is 0 Å². The molecule has 0 saturated carbocycles. The van der Waals surface area contributed by atoms with Gasteiger partial charge >= 0.3 is 5.97 Å². The average Bonchev–Trinajstić information content (AvgIpc) is 2.51. The Balaban J connectivity index is 1.95. The number of ether oxygens (including phenoxy) is 1. The fraction of sp³-hybridized carbons (Fsp3) is 0.889. The molecule has 2 rings (SSSR count). The first-order valence-corrected chi connectivity index (χ1v) is 4.91. The van der Waals surface area contributed by atoms with Crippen LogP contribution in [-0.4, -0.2) is 49.2 Å². The lowest BCUT2D eigenvalue weighted by atomic mass is 10.1. The summed E-state index contributed by atoms with van der Waals surface area (Å²) in [6.45, 7) is 5.64. The number of cyclic esters (lactones) is 1. The highest BCUT2D eigenvalue weighted by Gasteiger charge is 2.33. The van der Waals surface area contributed by atoms with E-state index in [-0.39, 0.29) is 12.0 Å². The van der Waals surface area contributed by atoms with Crippen molar-refractivity contribution in [2.45, 2.75) is 25.4 Å². The lowest BCUT2D eigenvalue weighted by molar-refractivity contribution is -0.142. The minimum atomic E-state index is -0.0332. The van der Waals surface area contributed by atoms with Gasteiger partial charge in [0.05, 0.1) is 6.61 Å². The minimum absolute atomic E-state index is 0.0320. The maximum absolute atomic E-state index is 11.3. The van der Waals surface area contributed by atoms with E-state index in [2.05, 4.69) is 17.1 Å². The minimum Gasteiger partial charge on any atom is -0.464 e. The molecule has 0 aromatic carbocycles. The number of carbonyl (C=O) groups excluding carboxylic acids is 1. The van der Waals surface area contributed by atoms with Gasteiger partial charge in [-0.15, -0.1) is 0 Å². The van der Waals surface area contributed by atoms with Gasteiger partial charge in [0, 0.05) is 32.1 Å². The van der Waals surface area contributed by atoms with E-state index in [0.717, 1.165) is 26.1 Å². The van der Waals surface area contributed by atoms with Gasteiger partial charge in [-0.05, 0) is 6.92 Å². The number of rotatable bonds is 1. The van der Waals surface area contributed by atoms with Crippen molar-refractivity contribution in [2.24, 2.45) is 0 Å². The Morgan fingerprint density at radius 2 is 2.46 bits per heavy atom. The molecular weight excluding hydrogens is 168 g/mol. The third kappa shape index (κ3) is 1.84. The topological polar surface area (TPSA) is 41.6 Å². The number of esters is 1. The summed E-state index contributed by atoms with van der Waals surface area (Å²) in [4.78, 5) is 13.5. The van der Waals surface area contributed by atoms with Crippen molar-refractivity contribution in [1.29, 1.82) is 0 Å². The smallest absolute Gasteiger partial charge is 0.323 e. The van der Waals surface area contributed by atoms with Gasteiger partial charge in [-0.2, -0.15) is 0 Å². The van der Waals surface area contributed by atoms with Gasteiger partial charge in [-0.3, -0.25) is 9.69 Å². The van der Waals surface area contributed by atoms with Crippen molar-refractivity contribution in [1.82, 2.24) is 10.2 Å². The maximum Gasteiger partial charge on any atom is 0.323 e. The number of piperazine rings is 1. The molecule has 4 heteroatoms. The van der Waals surface area contributed by atoms with Crippen molar-refractivity contribution in [3.63, 3.8) is 0 Å². The zero-order valence-electron chi connectivity index (χ0n) is 7.95. The predicted octanol–water partition coefficient (Wildman–Crippen LogP) is -0.404. The van der Waals surface area contributed by atoms with Gasteiger partial charge in [0.2, 0.25) is 0 Å². The Labute approximate surface area is 78.2 Å². The molecule has 1 N–H and O–H groups in total. The number of hydrogen-bond donors (Lipinski definition) is 1. The molecule has 2 atom stereocenters. The van der Waals surface area contributed by atoms with Crippen LogP contribution in [-0.2, 0) is 9.53 Å². The molecule has 0 spiro atoms. The molecule has 0 aliphatic carbocycles. The summed E-state index contributed by atoms with van der Waals surface area (Å²) in [5, 5.41) is 3.36. The molecule has 4 nitrogen and oxygen atoms in total. The quantitative estimate of drug-likeness (QED) is 0.563. The highest BCUT2D eigenvalue weighted by atomic mass is 16.5. The van der Waals surface area contributed by atoms with E-state index in [1.165, 1.54) is 0 Å². The molecule has 2 heterocycles. The largest absolute Gasteiger partial charge is 0.464 e. The Kier molecular flexibility index (Phi) is 2.51. The van der Waals surface area contributed by atoms with Crippen molar-refractivity contribution in [3.05, 3.63) is 0 Å². The maximum atomic E-state index is 11.3. The summed E-state index contributed by atoms with van der Waals surface area (Å²) in [6.07, 6.45) is 0.867. The zero-order valence-corrected chi connectivity index (χ0v) is 7.95. The Morgan fingerprint density at radius 3 is 3.08 bits per heavy atom. The van der Waals surface area contributed by atoms with Crippen LogP contribution >= 0.6 is 0 Å². The normalized spacial score (nSPS) is 36.2. The first-order chi connectivity index (χ1) is 6.27. The Hall–Kier alpha value is -0.610. The van der Waals surface area contributed by atoms with Crippen LogP contribution in [0.2, 0.25) is 0 Å². The highest BCUT2D eigenvalue weighted by Crippen LogP contribution is 2.15. The fourth-order valence-electron chi connectivity index (χ4n) is 2.06. The summed E-state index contributed by atoms with van der Waals surface area (Å²) in [7, 11) is 0. The second-order valence-electron chi connectivity index (χ2n) is 3.82. The van der Waals surface area contributed by atoms with Crippen molar-refractivity contribution in [2.75, 3.05) is 26.2 Å². The summed E-state index contributed by atoms with van der Waals surface area (Å²) >= 11 is 0. The fourth-order valence-corrected chi connectivity index (χ4v) is 2.06. The van der Waals surface area contributed by atoms with Crippen LogP contribution in [0.5, 0.6) is 0 Å². The third-order valence-corrected chi connectivity index (χ3v) is 2.75. The van der Waals surface area contributed by atoms with Gasteiger partial charge in [0.15, 0.2) is 0 Å². The third-order valence-electron chi connectivity index (χ3n) is 2.75. The molecule has 0 bridgehead atoms. The highest BCUT2D eigenvalue weighted by molar-refractivity contribution is 5.77. The van der Waals surface area contributed by atoms with E-state index in [1.54, 1.807) is 0 Å². The van der Waals surface area contributed by atoms with Crippen LogP contribution in [0.4, 0.5) is 0 Å². The summed E-state index contributed by atoms with van der Waals surface area (Å²) in [5.74, 6) is -0.0332. The molecule has 2 fully saturated rings. The van der Waals surface area contributed by atoms with Gasteiger partial charge in [0.1, 0.15) is 6.04 Å². The van der Waals surface area contributed by atoms with Crippen LogP contribution in [0.15, 0.2) is 0 Å². The van der Waals surface area contributed by atoms with Crippen LogP contribution in [0, 0.1) is 0 Å². The number of nitrogens with one attached hydrogen (secondary N) is 1. The molecule has 1 unspecified atom stereocenters. The van der Waals surface area contributed by atoms with Crippen LogP contribution in [0.25, 0.3) is 0 Å². The van der Waals surface area contributed by atoms with Crippen LogP contribution in [0.1, 0.15) is 13.3 Å². The van der Waals surface area contributed by atoms with Crippen molar-refractivity contribution >= 4 is 5.97 Å². The van der Waals surface area contributed by atoms with Gasteiger partial charge in [0.25, 0.3) is 0 Å². The monoisotopic (exact) mass is 184 g/mol. The Bertz CT molecular complexity index is 208. The second kappa shape index (κ2) is 3.64. The van der Waals surface area contributed by atoms with Gasteiger partial charge in [-0.1, -0.05) is 0 Å². The van der Waals surface area contributed by atoms with E-state index in [9.17, 15) is 4.79 Å². The molecule has 0 aromatic heterocycles. The predicted molar refractivity (Wildman–Crippen MR) is 48.4 cm³/mol. The van der Waals surface area contributed by atoms with Gasteiger partial charge < -0.3 is 10.1 Å². The van der Waals surface area contributed by atoms with E-state index >= 15 is 0 Å². The summed E-state index contributed by atoms with van der Waals surface area (Å²) < 4.78 is 4.95. The molecule has 2 aliphatic heterocycles. The number of carbonyl (C=O) groups is 1. The van der Waals surface area contributed by atoms with E-state index in [0.29, 0.717) is 12.6 Å². The van der Waals surface area contributed by atoms with E-state index in [4.69, 9.17) is 4.74 Å². The zero-order chi connectivity index (χ0) is 9.26.